The number of hydrogen-bond acceptors (Lipinski definition) is 4. The topological polar surface area (TPSA) is 67.3 Å². The fraction of sp³-hybridized carbons (Fsp3) is 0.273. The van der Waals surface area contributed by atoms with Gasteiger partial charge in [-0.05, 0) is 56.5 Å². The number of aromatic nitrogens is 1. The van der Waals surface area contributed by atoms with Gasteiger partial charge in [0.05, 0.1) is 20.9 Å². The lowest BCUT2D eigenvalue weighted by Gasteiger charge is -2.27. The van der Waals surface area contributed by atoms with Crippen LogP contribution in [0.3, 0.4) is 0 Å². The van der Waals surface area contributed by atoms with E-state index in [-0.39, 0.29) is 26.6 Å². The van der Waals surface area contributed by atoms with Crippen LogP contribution in [0.25, 0.3) is 10.9 Å². The van der Waals surface area contributed by atoms with Crippen molar-refractivity contribution in [2.24, 2.45) is 0 Å². The number of nitrogens with zero attached hydrogens (tertiary/aromatic N) is 2. The molecule has 2 aromatic carbocycles. The van der Waals surface area contributed by atoms with Crippen LogP contribution >= 0.6 is 0 Å². The number of rotatable bonds is 3. The van der Waals surface area contributed by atoms with Crippen LogP contribution in [0.2, 0.25) is 0 Å². The molecule has 0 radical (unpaired) electrons. The molecule has 1 aliphatic heterocycles. The third kappa shape index (κ3) is 3.62. The van der Waals surface area contributed by atoms with Gasteiger partial charge in [0.2, 0.25) is 9.84 Å². The molecule has 150 valence electrons. The monoisotopic (exact) mass is 412 g/mol. The van der Waals surface area contributed by atoms with Gasteiger partial charge in [-0.25, -0.2) is 12.8 Å². The average molecular weight is 412 g/mol. The van der Waals surface area contributed by atoms with E-state index in [1.807, 2.05) is 6.92 Å². The predicted molar refractivity (Wildman–Crippen MR) is 108 cm³/mol. The Hall–Kier alpha value is -2.80. The minimum atomic E-state index is -4.07. The van der Waals surface area contributed by atoms with Crippen LogP contribution < -0.4 is 0 Å². The first-order valence-corrected chi connectivity index (χ1v) is 11.1. The first kappa shape index (κ1) is 19.5. The predicted octanol–water partition coefficient (Wildman–Crippen LogP) is 4.14. The molecule has 1 fully saturated rings. The molecule has 29 heavy (non-hydrogen) atoms. The summed E-state index contributed by atoms with van der Waals surface area (Å²) in [5.74, 6) is -0.962. The zero-order valence-corrected chi connectivity index (χ0v) is 16.9. The van der Waals surface area contributed by atoms with Crippen molar-refractivity contribution in [1.29, 1.82) is 0 Å². The zero-order chi connectivity index (χ0) is 20.6. The molecule has 1 aliphatic rings. The van der Waals surface area contributed by atoms with Crippen LogP contribution in [0.4, 0.5) is 4.39 Å². The molecule has 1 saturated heterocycles. The Morgan fingerprint density at radius 1 is 1.03 bits per heavy atom. The number of halogens is 1. The van der Waals surface area contributed by atoms with Crippen LogP contribution in [0.1, 0.15) is 35.2 Å². The number of piperidine rings is 1. The number of amides is 1. The quantitative estimate of drug-likeness (QED) is 0.648. The van der Waals surface area contributed by atoms with Crippen LogP contribution in [0.5, 0.6) is 0 Å². The standard InChI is InChI=1S/C22H21FN2O3S/c1-15-5-8-17(9-6-15)29(27,28)21-18-13-16(23)7-10-20(18)24-14-19(21)22(26)25-11-3-2-4-12-25/h5-10,13-14H,2-4,11-12H2,1H3. The molecule has 5 nitrogen and oxygen atoms in total. The van der Waals surface area contributed by atoms with Gasteiger partial charge in [-0.1, -0.05) is 17.7 Å². The lowest BCUT2D eigenvalue weighted by atomic mass is 10.1. The Balaban J connectivity index is 1.97. The smallest absolute Gasteiger partial charge is 0.256 e. The van der Waals surface area contributed by atoms with Gasteiger partial charge in [0.15, 0.2) is 0 Å². The summed E-state index contributed by atoms with van der Waals surface area (Å²) in [7, 11) is -4.07. The molecule has 0 unspecified atom stereocenters. The summed E-state index contributed by atoms with van der Waals surface area (Å²) in [4.78, 5) is 19.0. The van der Waals surface area contributed by atoms with E-state index in [0.29, 0.717) is 18.6 Å². The van der Waals surface area contributed by atoms with Crippen molar-refractivity contribution in [3.8, 4) is 0 Å². The second-order valence-electron chi connectivity index (χ2n) is 7.33. The normalized spacial score (nSPS) is 14.9. The maximum atomic E-state index is 14.0. The molecule has 0 saturated carbocycles. The van der Waals surface area contributed by atoms with Crippen molar-refractivity contribution < 1.29 is 17.6 Å². The molecule has 0 atom stereocenters. The molecule has 0 spiro atoms. The number of pyridine rings is 1. The lowest BCUT2D eigenvalue weighted by molar-refractivity contribution is 0.0720. The highest BCUT2D eigenvalue weighted by Gasteiger charge is 2.30. The minimum Gasteiger partial charge on any atom is -0.339 e. The van der Waals surface area contributed by atoms with Crippen LogP contribution in [-0.2, 0) is 9.84 Å². The molecule has 4 rings (SSSR count). The Morgan fingerprint density at radius 3 is 2.41 bits per heavy atom. The summed E-state index contributed by atoms with van der Waals surface area (Å²) in [5, 5.41) is 0.119. The molecule has 2 heterocycles. The molecule has 0 N–H and O–H groups in total. The second kappa shape index (κ2) is 7.55. The second-order valence-corrected chi connectivity index (χ2v) is 9.22. The number of carbonyl (C=O) groups is 1. The summed E-state index contributed by atoms with van der Waals surface area (Å²) in [6.07, 6.45) is 4.10. The fourth-order valence-corrected chi connectivity index (χ4v) is 5.30. The van der Waals surface area contributed by atoms with E-state index in [4.69, 9.17) is 0 Å². The Bertz CT molecular complexity index is 1180. The van der Waals surface area contributed by atoms with E-state index in [9.17, 15) is 17.6 Å². The third-order valence-electron chi connectivity index (χ3n) is 5.25. The van der Waals surface area contributed by atoms with E-state index < -0.39 is 15.7 Å². The molecular weight excluding hydrogens is 391 g/mol. The molecule has 1 amide bonds. The molecule has 7 heteroatoms. The number of hydrogen-bond donors (Lipinski definition) is 0. The van der Waals surface area contributed by atoms with Gasteiger partial charge >= 0.3 is 0 Å². The van der Waals surface area contributed by atoms with E-state index in [0.717, 1.165) is 30.9 Å². The van der Waals surface area contributed by atoms with Crippen molar-refractivity contribution in [2.75, 3.05) is 13.1 Å². The van der Waals surface area contributed by atoms with Gasteiger partial charge in [0.25, 0.3) is 5.91 Å². The maximum absolute atomic E-state index is 14.0. The van der Waals surface area contributed by atoms with Crippen LogP contribution in [0.15, 0.2) is 58.5 Å². The molecule has 0 bridgehead atoms. The van der Waals surface area contributed by atoms with Gasteiger partial charge < -0.3 is 4.90 Å². The molecule has 3 aromatic rings. The number of carbonyl (C=O) groups excluding carboxylic acids is 1. The highest BCUT2D eigenvalue weighted by atomic mass is 32.2. The summed E-state index contributed by atoms with van der Waals surface area (Å²) in [5.41, 5.74) is 1.23. The first-order valence-electron chi connectivity index (χ1n) is 9.57. The maximum Gasteiger partial charge on any atom is 0.256 e. The first-order chi connectivity index (χ1) is 13.9. The summed E-state index contributed by atoms with van der Waals surface area (Å²) in [6, 6.07) is 10.2. The summed E-state index contributed by atoms with van der Waals surface area (Å²) >= 11 is 0. The minimum absolute atomic E-state index is 0.00873. The number of fused-ring (bicyclic) bond motifs is 1. The number of benzene rings is 2. The zero-order valence-electron chi connectivity index (χ0n) is 16.1. The van der Waals surface area contributed by atoms with Crippen LogP contribution in [-0.4, -0.2) is 37.3 Å². The summed E-state index contributed by atoms with van der Waals surface area (Å²) < 4.78 is 41.1. The highest BCUT2D eigenvalue weighted by Crippen LogP contribution is 2.32. The largest absolute Gasteiger partial charge is 0.339 e. The SMILES string of the molecule is Cc1ccc(S(=O)(=O)c2c(C(=O)N3CCCCC3)cnc3ccc(F)cc23)cc1. The number of sulfone groups is 1. The summed E-state index contributed by atoms with van der Waals surface area (Å²) in [6.45, 7) is 3.01. The molecular formula is C22H21FN2O3S. The Morgan fingerprint density at radius 2 is 1.72 bits per heavy atom. The van der Waals surface area contributed by atoms with Crippen LogP contribution in [0, 0.1) is 12.7 Å². The van der Waals surface area contributed by atoms with Crippen molar-refractivity contribution in [3.05, 3.63) is 65.6 Å². The highest BCUT2D eigenvalue weighted by molar-refractivity contribution is 7.91. The van der Waals surface area contributed by atoms with E-state index in [1.165, 1.54) is 30.5 Å². The van der Waals surface area contributed by atoms with Gasteiger partial charge in [-0.2, -0.15) is 0 Å². The van der Waals surface area contributed by atoms with E-state index in [2.05, 4.69) is 4.98 Å². The van der Waals surface area contributed by atoms with Crippen molar-refractivity contribution >= 4 is 26.6 Å². The Kier molecular flexibility index (Phi) is 5.08. The lowest BCUT2D eigenvalue weighted by Crippen LogP contribution is -2.36. The van der Waals surface area contributed by atoms with Gasteiger partial charge in [0.1, 0.15) is 5.82 Å². The van der Waals surface area contributed by atoms with Gasteiger partial charge in [0, 0.05) is 24.7 Å². The van der Waals surface area contributed by atoms with Crippen molar-refractivity contribution in [3.63, 3.8) is 0 Å². The van der Waals surface area contributed by atoms with Crippen molar-refractivity contribution in [2.45, 2.75) is 36.0 Å². The fourth-order valence-electron chi connectivity index (χ4n) is 3.68. The molecule has 1 aromatic heterocycles. The van der Waals surface area contributed by atoms with E-state index in [1.54, 1.807) is 17.0 Å². The van der Waals surface area contributed by atoms with E-state index >= 15 is 0 Å². The van der Waals surface area contributed by atoms with Crippen molar-refractivity contribution in [1.82, 2.24) is 9.88 Å². The van der Waals surface area contributed by atoms with Gasteiger partial charge in [-0.3, -0.25) is 9.78 Å². The third-order valence-corrected chi connectivity index (χ3v) is 7.12. The number of likely N-dealkylation sites (tertiary alicyclic amines) is 1. The number of aryl methyl sites for hydroxylation is 1. The molecule has 0 aliphatic carbocycles. The van der Waals surface area contributed by atoms with Gasteiger partial charge in [-0.15, -0.1) is 0 Å². The average Bonchev–Trinajstić information content (AvgIpc) is 2.73. The Labute approximate surface area is 169 Å².